The van der Waals surface area contributed by atoms with E-state index in [9.17, 15) is 9.90 Å². The van der Waals surface area contributed by atoms with Crippen LogP contribution in [0.2, 0.25) is 0 Å². The molecule has 0 saturated carbocycles. The van der Waals surface area contributed by atoms with Crippen LogP contribution in [-0.2, 0) is 9.53 Å². The summed E-state index contributed by atoms with van der Waals surface area (Å²) in [5.41, 5.74) is -0.731. The van der Waals surface area contributed by atoms with E-state index in [0.29, 0.717) is 38.5 Å². The SMILES string of the molecule is CC(CC(=O)NCC1(O)CCOC1)C(C)(C)C. The molecule has 2 unspecified atom stereocenters. The van der Waals surface area contributed by atoms with Crippen molar-refractivity contribution >= 4 is 5.91 Å². The first kappa shape index (κ1) is 14.5. The summed E-state index contributed by atoms with van der Waals surface area (Å²) in [5, 5.41) is 12.8. The van der Waals surface area contributed by atoms with Gasteiger partial charge in [-0.3, -0.25) is 4.79 Å². The van der Waals surface area contributed by atoms with Gasteiger partial charge in [0.15, 0.2) is 0 Å². The summed E-state index contributed by atoms with van der Waals surface area (Å²) in [6.07, 6.45) is 1.10. The quantitative estimate of drug-likeness (QED) is 0.783. The van der Waals surface area contributed by atoms with Crippen LogP contribution in [0.3, 0.4) is 0 Å². The number of hydrogen-bond donors (Lipinski definition) is 2. The minimum absolute atomic E-state index is 0.00718. The second-order valence-corrected chi connectivity index (χ2v) is 6.27. The Balaban J connectivity index is 2.30. The molecule has 2 N–H and O–H groups in total. The van der Waals surface area contributed by atoms with E-state index >= 15 is 0 Å². The van der Waals surface area contributed by atoms with Crippen LogP contribution in [0, 0.1) is 11.3 Å². The summed E-state index contributed by atoms with van der Waals surface area (Å²) >= 11 is 0. The van der Waals surface area contributed by atoms with Crippen molar-refractivity contribution in [2.24, 2.45) is 11.3 Å². The fourth-order valence-corrected chi connectivity index (χ4v) is 1.66. The number of aliphatic hydroxyl groups is 1. The molecule has 0 aliphatic carbocycles. The molecule has 4 nitrogen and oxygen atoms in total. The van der Waals surface area contributed by atoms with E-state index in [1.807, 2.05) is 0 Å². The third kappa shape index (κ3) is 4.64. The number of ether oxygens (including phenoxy) is 1. The molecule has 1 aliphatic heterocycles. The molecule has 1 aliphatic rings. The molecule has 0 radical (unpaired) electrons. The molecule has 100 valence electrons. The zero-order valence-electron chi connectivity index (χ0n) is 11.4. The van der Waals surface area contributed by atoms with Gasteiger partial charge in [0.05, 0.1) is 6.61 Å². The van der Waals surface area contributed by atoms with Gasteiger partial charge in [-0.25, -0.2) is 0 Å². The zero-order chi connectivity index (χ0) is 13.1. The molecule has 0 aromatic heterocycles. The largest absolute Gasteiger partial charge is 0.386 e. The zero-order valence-corrected chi connectivity index (χ0v) is 11.4. The fraction of sp³-hybridized carbons (Fsp3) is 0.923. The highest BCUT2D eigenvalue weighted by molar-refractivity contribution is 5.76. The average molecular weight is 243 g/mol. The first-order chi connectivity index (χ1) is 7.73. The Morgan fingerprint density at radius 3 is 2.65 bits per heavy atom. The molecule has 0 spiro atoms. The first-order valence-electron chi connectivity index (χ1n) is 6.30. The van der Waals surface area contributed by atoms with Crippen molar-refractivity contribution in [2.75, 3.05) is 19.8 Å². The predicted molar refractivity (Wildman–Crippen MR) is 66.6 cm³/mol. The van der Waals surface area contributed by atoms with Crippen LogP contribution in [0.25, 0.3) is 0 Å². The third-order valence-electron chi connectivity index (χ3n) is 3.67. The van der Waals surface area contributed by atoms with Crippen LogP contribution >= 0.6 is 0 Å². The third-order valence-corrected chi connectivity index (χ3v) is 3.67. The Bertz CT molecular complexity index is 264. The van der Waals surface area contributed by atoms with Crippen LogP contribution in [0.5, 0.6) is 0 Å². The minimum atomic E-state index is -0.860. The van der Waals surface area contributed by atoms with Gasteiger partial charge < -0.3 is 15.2 Å². The van der Waals surface area contributed by atoms with Gasteiger partial charge >= 0.3 is 0 Å². The van der Waals surface area contributed by atoms with Gasteiger partial charge in [-0.15, -0.1) is 0 Å². The maximum Gasteiger partial charge on any atom is 0.220 e. The van der Waals surface area contributed by atoms with Gasteiger partial charge in [-0.2, -0.15) is 0 Å². The summed E-state index contributed by atoms with van der Waals surface area (Å²) in [6, 6.07) is 0. The van der Waals surface area contributed by atoms with Crippen molar-refractivity contribution in [3.63, 3.8) is 0 Å². The molecule has 1 amide bonds. The molecule has 2 atom stereocenters. The van der Waals surface area contributed by atoms with E-state index in [2.05, 4.69) is 33.0 Å². The molecule has 0 aromatic rings. The number of carbonyl (C=O) groups is 1. The van der Waals surface area contributed by atoms with Crippen molar-refractivity contribution in [3.05, 3.63) is 0 Å². The summed E-state index contributed by atoms with van der Waals surface area (Å²) in [6.45, 7) is 9.65. The smallest absolute Gasteiger partial charge is 0.220 e. The number of carbonyl (C=O) groups excluding carboxylic acids is 1. The molecule has 1 rings (SSSR count). The van der Waals surface area contributed by atoms with E-state index in [1.165, 1.54) is 0 Å². The molecule has 4 heteroatoms. The normalized spacial score (nSPS) is 26.9. The highest BCUT2D eigenvalue weighted by Gasteiger charge is 2.32. The van der Waals surface area contributed by atoms with Gasteiger partial charge in [-0.1, -0.05) is 27.7 Å². The van der Waals surface area contributed by atoms with Gasteiger partial charge in [0.1, 0.15) is 5.60 Å². The summed E-state index contributed by atoms with van der Waals surface area (Å²) in [7, 11) is 0. The van der Waals surface area contributed by atoms with Crippen molar-refractivity contribution in [3.8, 4) is 0 Å². The van der Waals surface area contributed by atoms with Crippen molar-refractivity contribution in [2.45, 2.75) is 46.1 Å². The second kappa shape index (κ2) is 5.36. The van der Waals surface area contributed by atoms with Gasteiger partial charge in [0, 0.05) is 26.0 Å². The van der Waals surface area contributed by atoms with Crippen molar-refractivity contribution < 1.29 is 14.6 Å². The molecule has 1 heterocycles. The average Bonchev–Trinajstić information content (AvgIpc) is 2.61. The maximum absolute atomic E-state index is 11.7. The van der Waals surface area contributed by atoms with Crippen LogP contribution < -0.4 is 5.32 Å². The Labute approximate surface area is 104 Å². The Hall–Kier alpha value is -0.610. The number of nitrogens with one attached hydrogen (secondary N) is 1. The molecule has 1 saturated heterocycles. The monoisotopic (exact) mass is 243 g/mol. The molecule has 1 fully saturated rings. The maximum atomic E-state index is 11.7. The Morgan fingerprint density at radius 1 is 1.53 bits per heavy atom. The Morgan fingerprint density at radius 2 is 2.18 bits per heavy atom. The van der Waals surface area contributed by atoms with E-state index in [1.54, 1.807) is 0 Å². The number of hydrogen-bond acceptors (Lipinski definition) is 3. The lowest BCUT2D eigenvalue weighted by Crippen LogP contribution is -2.44. The number of rotatable bonds is 4. The van der Waals surface area contributed by atoms with Gasteiger partial charge in [0.25, 0.3) is 0 Å². The second-order valence-electron chi connectivity index (χ2n) is 6.27. The molecule has 0 aromatic carbocycles. The molecule has 0 bridgehead atoms. The van der Waals surface area contributed by atoms with E-state index in [-0.39, 0.29) is 11.3 Å². The molecular formula is C13H25NO3. The van der Waals surface area contributed by atoms with Gasteiger partial charge in [0.2, 0.25) is 5.91 Å². The molecular weight excluding hydrogens is 218 g/mol. The van der Waals surface area contributed by atoms with Crippen LogP contribution in [0.15, 0.2) is 0 Å². The molecule has 17 heavy (non-hydrogen) atoms. The fourth-order valence-electron chi connectivity index (χ4n) is 1.66. The van der Waals surface area contributed by atoms with E-state index in [0.717, 1.165) is 0 Å². The van der Waals surface area contributed by atoms with Crippen LogP contribution in [-0.4, -0.2) is 36.4 Å². The van der Waals surface area contributed by atoms with Crippen LogP contribution in [0.4, 0.5) is 0 Å². The summed E-state index contributed by atoms with van der Waals surface area (Å²) in [4.78, 5) is 11.7. The topological polar surface area (TPSA) is 58.6 Å². The van der Waals surface area contributed by atoms with E-state index in [4.69, 9.17) is 4.74 Å². The van der Waals surface area contributed by atoms with Crippen molar-refractivity contribution in [1.82, 2.24) is 5.32 Å². The van der Waals surface area contributed by atoms with Crippen molar-refractivity contribution in [1.29, 1.82) is 0 Å². The van der Waals surface area contributed by atoms with E-state index < -0.39 is 5.60 Å². The number of amides is 1. The van der Waals surface area contributed by atoms with Gasteiger partial charge in [-0.05, 0) is 11.3 Å². The highest BCUT2D eigenvalue weighted by atomic mass is 16.5. The summed E-state index contributed by atoms with van der Waals surface area (Å²) < 4.78 is 5.13. The highest BCUT2D eigenvalue weighted by Crippen LogP contribution is 2.27. The standard InChI is InChI=1S/C13H25NO3/c1-10(12(2,3)4)7-11(15)14-8-13(16)5-6-17-9-13/h10,16H,5-9H2,1-4H3,(H,14,15). The predicted octanol–water partition coefficient (Wildman–Crippen LogP) is 1.33. The minimum Gasteiger partial charge on any atom is -0.386 e. The lowest BCUT2D eigenvalue weighted by atomic mass is 9.80. The summed E-state index contributed by atoms with van der Waals surface area (Å²) in [5.74, 6) is 0.324. The lowest BCUT2D eigenvalue weighted by molar-refractivity contribution is -0.124. The van der Waals surface area contributed by atoms with Crippen LogP contribution in [0.1, 0.15) is 40.5 Å². The lowest BCUT2D eigenvalue weighted by Gasteiger charge is -2.27. The Kier molecular flexibility index (Phi) is 4.55. The first-order valence-corrected chi connectivity index (χ1v) is 6.30.